The SMILES string of the molecule is C=CCNCNCCC. The molecule has 0 amide bonds. The minimum atomic E-state index is 0.886. The average Bonchev–Trinajstić information content (AvgIpc) is 1.89. The molecule has 0 aliphatic heterocycles. The lowest BCUT2D eigenvalue weighted by Crippen LogP contribution is -2.29. The third kappa shape index (κ3) is 7.66. The lowest BCUT2D eigenvalue weighted by molar-refractivity contribution is 0.605. The van der Waals surface area contributed by atoms with Gasteiger partial charge in [-0.3, -0.25) is 0 Å². The highest BCUT2D eigenvalue weighted by molar-refractivity contribution is 4.68. The summed E-state index contributed by atoms with van der Waals surface area (Å²) in [6, 6.07) is 0. The van der Waals surface area contributed by atoms with Crippen molar-refractivity contribution in [2.24, 2.45) is 0 Å². The van der Waals surface area contributed by atoms with Crippen molar-refractivity contribution in [3.63, 3.8) is 0 Å². The van der Waals surface area contributed by atoms with Crippen molar-refractivity contribution in [1.82, 2.24) is 10.6 Å². The fourth-order valence-corrected chi connectivity index (χ4v) is 0.528. The molecule has 0 aromatic heterocycles. The molecule has 0 atom stereocenters. The largest absolute Gasteiger partial charge is 0.304 e. The van der Waals surface area contributed by atoms with Gasteiger partial charge in [-0.25, -0.2) is 0 Å². The Morgan fingerprint density at radius 3 is 2.78 bits per heavy atom. The van der Waals surface area contributed by atoms with Gasteiger partial charge in [0.05, 0.1) is 0 Å². The van der Waals surface area contributed by atoms with Crippen molar-refractivity contribution in [2.45, 2.75) is 13.3 Å². The van der Waals surface area contributed by atoms with E-state index < -0.39 is 0 Å². The van der Waals surface area contributed by atoms with Gasteiger partial charge in [-0.05, 0) is 13.0 Å². The highest BCUT2D eigenvalue weighted by atomic mass is 15.0. The average molecular weight is 128 g/mol. The quantitative estimate of drug-likeness (QED) is 0.313. The van der Waals surface area contributed by atoms with Crippen LogP contribution in [0.2, 0.25) is 0 Å². The van der Waals surface area contributed by atoms with Crippen molar-refractivity contribution >= 4 is 0 Å². The molecule has 0 aliphatic carbocycles. The summed E-state index contributed by atoms with van der Waals surface area (Å²) in [6.07, 6.45) is 3.05. The molecule has 0 aliphatic rings. The third-order valence-corrected chi connectivity index (χ3v) is 0.965. The van der Waals surface area contributed by atoms with E-state index in [1.54, 1.807) is 0 Å². The minimum absolute atomic E-state index is 0.886. The maximum absolute atomic E-state index is 3.59. The summed E-state index contributed by atoms with van der Waals surface area (Å²) >= 11 is 0. The molecule has 0 aromatic rings. The Bertz CT molecular complexity index is 61.9. The second-order valence-corrected chi connectivity index (χ2v) is 1.92. The third-order valence-electron chi connectivity index (χ3n) is 0.965. The normalized spacial score (nSPS) is 9.44. The predicted molar refractivity (Wildman–Crippen MR) is 41.4 cm³/mol. The molecule has 0 saturated carbocycles. The molecule has 2 nitrogen and oxygen atoms in total. The Labute approximate surface area is 57.3 Å². The molecule has 54 valence electrons. The van der Waals surface area contributed by atoms with Crippen molar-refractivity contribution in [3.8, 4) is 0 Å². The van der Waals surface area contributed by atoms with Gasteiger partial charge in [-0.1, -0.05) is 13.0 Å². The fraction of sp³-hybridized carbons (Fsp3) is 0.714. The van der Waals surface area contributed by atoms with Gasteiger partial charge in [0.2, 0.25) is 0 Å². The van der Waals surface area contributed by atoms with Gasteiger partial charge < -0.3 is 10.6 Å². The van der Waals surface area contributed by atoms with E-state index in [9.17, 15) is 0 Å². The van der Waals surface area contributed by atoms with E-state index in [0.717, 1.165) is 19.8 Å². The van der Waals surface area contributed by atoms with E-state index in [2.05, 4.69) is 24.1 Å². The van der Waals surface area contributed by atoms with Crippen LogP contribution in [0.5, 0.6) is 0 Å². The Kier molecular flexibility index (Phi) is 7.37. The number of nitrogens with one attached hydrogen (secondary N) is 2. The Morgan fingerprint density at radius 1 is 1.44 bits per heavy atom. The zero-order chi connectivity index (χ0) is 6.95. The van der Waals surface area contributed by atoms with E-state index in [0.29, 0.717) is 0 Å². The molecular formula is C7H16N2. The van der Waals surface area contributed by atoms with Crippen molar-refractivity contribution in [3.05, 3.63) is 12.7 Å². The molecule has 2 N–H and O–H groups in total. The fourth-order valence-electron chi connectivity index (χ4n) is 0.528. The predicted octanol–water partition coefficient (Wildman–Crippen LogP) is 0.719. The Balaban J connectivity index is 2.66. The van der Waals surface area contributed by atoms with Crippen LogP contribution in [0, 0.1) is 0 Å². The first kappa shape index (κ1) is 8.66. The standard InChI is InChI=1S/C7H16N2/c1-3-5-8-7-9-6-4-2/h3,8-9H,1,4-7H2,2H3. The lowest BCUT2D eigenvalue weighted by atomic mass is 10.5. The molecule has 0 heterocycles. The van der Waals surface area contributed by atoms with E-state index in [-0.39, 0.29) is 0 Å². The number of hydrogen-bond acceptors (Lipinski definition) is 2. The van der Waals surface area contributed by atoms with Crippen molar-refractivity contribution < 1.29 is 0 Å². The Hall–Kier alpha value is -0.340. The zero-order valence-corrected chi connectivity index (χ0v) is 6.11. The van der Waals surface area contributed by atoms with Gasteiger partial charge in [-0.15, -0.1) is 6.58 Å². The summed E-state index contributed by atoms with van der Waals surface area (Å²) in [5, 5.41) is 6.35. The summed E-state index contributed by atoms with van der Waals surface area (Å²) in [7, 11) is 0. The van der Waals surface area contributed by atoms with Crippen LogP contribution in [-0.4, -0.2) is 19.8 Å². The van der Waals surface area contributed by atoms with Crippen LogP contribution in [-0.2, 0) is 0 Å². The lowest BCUT2D eigenvalue weighted by Gasteiger charge is -2.01. The molecule has 2 heteroatoms. The van der Waals surface area contributed by atoms with Gasteiger partial charge in [0, 0.05) is 13.2 Å². The summed E-state index contributed by atoms with van der Waals surface area (Å²) < 4.78 is 0. The second kappa shape index (κ2) is 7.66. The maximum atomic E-state index is 3.59. The molecule has 0 aromatic carbocycles. The van der Waals surface area contributed by atoms with Crippen LogP contribution < -0.4 is 10.6 Å². The topological polar surface area (TPSA) is 24.1 Å². The van der Waals surface area contributed by atoms with E-state index in [1.165, 1.54) is 6.42 Å². The van der Waals surface area contributed by atoms with Crippen molar-refractivity contribution in [1.29, 1.82) is 0 Å². The minimum Gasteiger partial charge on any atom is -0.304 e. The maximum Gasteiger partial charge on any atom is 0.0456 e. The van der Waals surface area contributed by atoms with Crippen LogP contribution in [0.3, 0.4) is 0 Å². The molecule has 0 saturated heterocycles. The smallest absolute Gasteiger partial charge is 0.0456 e. The van der Waals surface area contributed by atoms with Crippen LogP contribution >= 0.6 is 0 Å². The van der Waals surface area contributed by atoms with Crippen LogP contribution in [0.25, 0.3) is 0 Å². The molecule has 0 bridgehead atoms. The molecule has 0 radical (unpaired) electrons. The zero-order valence-electron chi connectivity index (χ0n) is 6.11. The summed E-state index contributed by atoms with van der Waals surface area (Å²) in [5.41, 5.74) is 0. The van der Waals surface area contributed by atoms with E-state index in [4.69, 9.17) is 0 Å². The van der Waals surface area contributed by atoms with Gasteiger partial charge in [0.25, 0.3) is 0 Å². The van der Waals surface area contributed by atoms with Crippen LogP contribution in [0.15, 0.2) is 12.7 Å². The summed E-state index contributed by atoms with van der Waals surface area (Å²) in [6.45, 7) is 8.60. The first-order chi connectivity index (χ1) is 4.41. The van der Waals surface area contributed by atoms with Gasteiger partial charge in [0.1, 0.15) is 0 Å². The molecular weight excluding hydrogens is 112 g/mol. The second-order valence-electron chi connectivity index (χ2n) is 1.92. The first-order valence-corrected chi connectivity index (χ1v) is 3.44. The molecule has 0 unspecified atom stereocenters. The number of hydrogen-bond donors (Lipinski definition) is 2. The van der Waals surface area contributed by atoms with Crippen molar-refractivity contribution in [2.75, 3.05) is 19.8 Å². The molecule has 0 fully saturated rings. The highest BCUT2D eigenvalue weighted by Gasteiger charge is 1.79. The van der Waals surface area contributed by atoms with Crippen LogP contribution in [0.4, 0.5) is 0 Å². The summed E-state index contributed by atoms with van der Waals surface area (Å²) in [4.78, 5) is 0. The first-order valence-electron chi connectivity index (χ1n) is 3.44. The Morgan fingerprint density at radius 2 is 2.22 bits per heavy atom. The molecule has 9 heavy (non-hydrogen) atoms. The van der Waals surface area contributed by atoms with E-state index >= 15 is 0 Å². The van der Waals surface area contributed by atoms with E-state index in [1.807, 2.05) is 6.08 Å². The van der Waals surface area contributed by atoms with Gasteiger partial charge >= 0.3 is 0 Å². The van der Waals surface area contributed by atoms with Crippen LogP contribution in [0.1, 0.15) is 13.3 Å². The van der Waals surface area contributed by atoms with Gasteiger partial charge in [-0.2, -0.15) is 0 Å². The molecule has 0 rings (SSSR count). The molecule has 0 spiro atoms. The monoisotopic (exact) mass is 128 g/mol. The highest BCUT2D eigenvalue weighted by Crippen LogP contribution is 1.66. The van der Waals surface area contributed by atoms with Gasteiger partial charge in [0.15, 0.2) is 0 Å². The number of rotatable bonds is 6. The summed E-state index contributed by atoms with van der Waals surface area (Å²) in [5.74, 6) is 0.